The van der Waals surface area contributed by atoms with Crippen LogP contribution >= 0.6 is 0 Å². The number of methoxy groups -OCH3 is 1. The third-order valence-electron chi connectivity index (χ3n) is 6.39. The van der Waals surface area contributed by atoms with Gasteiger partial charge in [0.25, 0.3) is 5.91 Å². The summed E-state index contributed by atoms with van der Waals surface area (Å²) in [5.74, 6) is 1.29. The Kier molecular flexibility index (Phi) is 5.82. The van der Waals surface area contributed by atoms with Crippen molar-refractivity contribution >= 4 is 16.8 Å². The third kappa shape index (κ3) is 4.46. The summed E-state index contributed by atoms with van der Waals surface area (Å²) < 4.78 is 5.26. The molecule has 0 saturated heterocycles. The van der Waals surface area contributed by atoms with Crippen LogP contribution in [-0.4, -0.2) is 46.0 Å². The van der Waals surface area contributed by atoms with E-state index in [1.54, 1.807) is 19.5 Å². The van der Waals surface area contributed by atoms with Crippen LogP contribution in [0.25, 0.3) is 22.2 Å². The van der Waals surface area contributed by atoms with Crippen molar-refractivity contribution in [2.75, 3.05) is 20.2 Å². The first-order chi connectivity index (χ1) is 16.1. The number of benzene rings is 2. The third-order valence-corrected chi connectivity index (χ3v) is 6.39. The molecule has 0 atom stereocenters. The maximum Gasteiger partial charge on any atom is 0.274 e. The molecule has 1 N–H and O–H groups in total. The Labute approximate surface area is 193 Å². The lowest BCUT2D eigenvalue weighted by atomic mass is 10.1. The summed E-state index contributed by atoms with van der Waals surface area (Å²) in [6.07, 6.45) is 8.46. The molecule has 4 aromatic rings. The molecule has 168 valence electrons. The van der Waals surface area contributed by atoms with Crippen molar-refractivity contribution < 1.29 is 9.53 Å². The second-order valence-corrected chi connectivity index (χ2v) is 8.74. The van der Waals surface area contributed by atoms with Crippen LogP contribution in [0.15, 0.2) is 61.1 Å². The van der Waals surface area contributed by atoms with Gasteiger partial charge in [0.05, 0.1) is 7.11 Å². The van der Waals surface area contributed by atoms with E-state index in [9.17, 15) is 4.79 Å². The minimum Gasteiger partial charge on any atom is -0.497 e. The Bertz CT molecular complexity index is 1280. The van der Waals surface area contributed by atoms with Crippen LogP contribution in [0.1, 0.15) is 34.5 Å². The van der Waals surface area contributed by atoms with Crippen molar-refractivity contribution in [3.63, 3.8) is 0 Å². The second kappa shape index (κ2) is 9.06. The smallest absolute Gasteiger partial charge is 0.274 e. The van der Waals surface area contributed by atoms with Crippen molar-refractivity contribution in [2.45, 2.75) is 26.2 Å². The van der Waals surface area contributed by atoms with E-state index in [1.165, 1.54) is 34.9 Å². The van der Waals surface area contributed by atoms with E-state index in [-0.39, 0.29) is 5.91 Å². The van der Waals surface area contributed by atoms with Crippen LogP contribution in [0.4, 0.5) is 0 Å². The first-order valence-corrected chi connectivity index (χ1v) is 11.4. The van der Waals surface area contributed by atoms with Gasteiger partial charge in [-0.3, -0.25) is 9.78 Å². The number of para-hydroxylation sites is 1. The molecule has 0 unspecified atom stereocenters. The van der Waals surface area contributed by atoms with E-state index in [0.717, 1.165) is 24.3 Å². The normalized spacial score (nSPS) is 13.3. The molecule has 0 radical (unpaired) electrons. The maximum atomic E-state index is 13.7. The van der Waals surface area contributed by atoms with Crippen molar-refractivity contribution in [1.82, 2.24) is 19.9 Å². The number of H-pyrrole nitrogens is 1. The van der Waals surface area contributed by atoms with E-state index in [0.29, 0.717) is 23.9 Å². The number of hydrogen-bond acceptors (Lipinski definition) is 4. The minimum absolute atomic E-state index is 0.0585. The second-order valence-electron chi connectivity index (χ2n) is 8.74. The Morgan fingerprint density at radius 3 is 2.67 bits per heavy atom. The summed E-state index contributed by atoms with van der Waals surface area (Å²) >= 11 is 0. The highest BCUT2D eigenvalue weighted by Gasteiger charge is 2.29. The van der Waals surface area contributed by atoms with Gasteiger partial charge in [0.15, 0.2) is 5.69 Å². The Morgan fingerprint density at radius 2 is 1.91 bits per heavy atom. The number of ether oxygens (including phenoxy) is 1. The predicted octanol–water partition coefficient (Wildman–Crippen LogP) is 5.04. The summed E-state index contributed by atoms with van der Waals surface area (Å²) in [6, 6.07) is 13.9. The molecular weight excluding hydrogens is 412 g/mol. The van der Waals surface area contributed by atoms with Crippen LogP contribution in [-0.2, 0) is 6.42 Å². The van der Waals surface area contributed by atoms with Gasteiger partial charge in [-0.05, 0) is 67.5 Å². The average molecular weight is 441 g/mol. The fourth-order valence-electron chi connectivity index (χ4n) is 4.32. The fourth-order valence-corrected chi connectivity index (χ4v) is 4.32. The molecule has 2 aromatic carbocycles. The summed E-state index contributed by atoms with van der Waals surface area (Å²) in [6.45, 7) is 3.52. The number of nitrogens with zero attached hydrogens (tertiary/aromatic N) is 3. The summed E-state index contributed by atoms with van der Waals surface area (Å²) in [7, 11) is 1.64. The monoisotopic (exact) mass is 440 g/mol. The number of aryl methyl sites for hydroxylation is 1. The van der Waals surface area contributed by atoms with Crippen LogP contribution in [0.3, 0.4) is 0 Å². The number of fused-ring (bicyclic) bond motifs is 1. The molecule has 1 aliphatic carbocycles. The van der Waals surface area contributed by atoms with Gasteiger partial charge < -0.3 is 14.6 Å². The van der Waals surface area contributed by atoms with Crippen LogP contribution in [0.5, 0.6) is 5.75 Å². The number of amides is 1. The molecule has 2 aromatic heterocycles. The van der Waals surface area contributed by atoms with Gasteiger partial charge in [0.2, 0.25) is 0 Å². The van der Waals surface area contributed by atoms with Gasteiger partial charge >= 0.3 is 0 Å². The predicted molar refractivity (Wildman–Crippen MR) is 129 cm³/mol. The zero-order chi connectivity index (χ0) is 22.8. The van der Waals surface area contributed by atoms with Crippen LogP contribution < -0.4 is 4.74 Å². The van der Waals surface area contributed by atoms with E-state index < -0.39 is 0 Å². The van der Waals surface area contributed by atoms with Crippen molar-refractivity contribution in [3.05, 3.63) is 77.9 Å². The first-order valence-electron chi connectivity index (χ1n) is 11.4. The summed E-state index contributed by atoms with van der Waals surface area (Å²) in [5, 5.41) is 1.23. The quantitative estimate of drug-likeness (QED) is 0.417. The van der Waals surface area contributed by atoms with E-state index in [2.05, 4.69) is 46.3 Å². The maximum absolute atomic E-state index is 13.7. The lowest BCUT2D eigenvalue weighted by Gasteiger charge is -2.23. The molecule has 0 spiro atoms. The van der Waals surface area contributed by atoms with Crippen molar-refractivity contribution in [2.24, 2.45) is 5.92 Å². The van der Waals surface area contributed by atoms with Crippen molar-refractivity contribution in [3.8, 4) is 17.0 Å². The molecule has 1 saturated carbocycles. The Morgan fingerprint density at radius 1 is 1.12 bits per heavy atom. The van der Waals surface area contributed by atoms with Gasteiger partial charge in [-0.2, -0.15) is 0 Å². The molecule has 1 fully saturated rings. The van der Waals surface area contributed by atoms with Gasteiger partial charge in [0, 0.05) is 48.1 Å². The number of hydrogen-bond donors (Lipinski definition) is 1. The number of rotatable bonds is 8. The first kappa shape index (κ1) is 21.2. The number of nitrogens with one attached hydrogen (secondary N) is 1. The number of carbonyl (C=O) groups excluding carboxylic acids is 1. The molecule has 0 aliphatic heterocycles. The topological polar surface area (TPSA) is 71.1 Å². The van der Waals surface area contributed by atoms with Gasteiger partial charge in [-0.15, -0.1) is 0 Å². The summed E-state index contributed by atoms with van der Waals surface area (Å²) in [4.78, 5) is 28.0. The SMILES string of the molecule is COc1ccc(-c2nccnc2C(=O)N(CCc2c[nH]c3c(C)cccc23)CC2CC2)cc1. The number of aromatic nitrogens is 3. The van der Waals surface area contributed by atoms with Gasteiger partial charge in [-0.1, -0.05) is 18.2 Å². The molecule has 0 bridgehead atoms. The highest BCUT2D eigenvalue weighted by Crippen LogP contribution is 2.31. The van der Waals surface area contributed by atoms with Crippen LogP contribution in [0.2, 0.25) is 0 Å². The molecule has 1 amide bonds. The number of carbonyl (C=O) groups is 1. The molecule has 1 aliphatic rings. The highest BCUT2D eigenvalue weighted by atomic mass is 16.5. The number of aromatic amines is 1. The lowest BCUT2D eigenvalue weighted by molar-refractivity contribution is 0.0744. The highest BCUT2D eigenvalue weighted by molar-refractivity contribution is 5.98. The molecular formula is C27H28N4O2. The lowest BCUT2D eigenvalue weighted by Crippen LogP contribution is -2.35. The van der Waals surface area contributed by atoms with E-state index in [1.807, 2.05) is 29.2 Å². The van der Waals surface area contributed by atoms with Gasteiger partial charge in [-0.25, -0.2) is 4.98 Å². The van der Waals surface area contributed by atoms with Gasteiger partial charge in [0.1, 0.15) is 11.4 Å². The summed E-state index contributed by atoms with van der Waals surface area (Å²) in [5.41, 5.74) is 5.49. The zero-order valence-corrected chi connectivity index (χ0v) is 19.0. The Hall–Kier alpha value is -3.67. The standard InChI is InChI=1S/C27H28N4O2/c1-18-4-3-5-23-21(16-30-24(18)23)12-15-31(17-19-6-7-19)27(32)26-25(28-13-14-29-26)20-8-10-22(33-2)11-9-20/h3-5,8-11,13-14,16,19,30H,6-7,12,15,17H2,1-2H3. The molecule has 5 rings (SSSR count). The molecule has 33 heavy (non-hydrogen) atoms. The Balaban J connectivity index is 1.41. The average Bonchev–Trinajstić information content (AvgIpc) is 3.58. The van der Waals surface area contributed by atoms with E-state index in [4.69, 9.17) is 4.74 Å². The molecule has 6 heteroatoms. The van der Waals surface area contributed by atoms with E-state index >= 15 is 0 Å². The minimum atomic E-state index is -0.0585. The van der Waals surface area contributed by atoms with Crippen molar-refractivity contribution in [1.29, 1.82) is 0 Å². The fraction of sp³-hybridized carbons (Fsp3) is 0.296. The molecule has 2 heterocycles. The zero-order valence-electron chi connectivity index (χ0n) is 19.0. The molecule has 6 nitrogen and oxygen atoms in total. The largest absolute Gasteiger partial charge is 0.497 e. The van der Waals surface area contributed by atoms with Crippen LogP contribution in [0, 0.1) is 12.8 Å².